The van der Waals surface area contributed by atoms with Crippen LogP contribution < -0.4 is 0 Å². The Morgan fingerprint density at radius 2 is 2.50 bits per heavy atom. The molecule has 0 N–H and O–H groups in total. The first-order valence-electron chi connectivity index (χ1n) is 3.86. The average Bonchev–Trinajstić information content (AvgIpc) is 2.53. The summed E-state index contributed by atoms with van der Waals surface area (Å²) in [7, 11) is 0. The van der Waals surface area contributed by atoms with Crippen LogP contribution in [0.3, 0.4) is 0 Å². The van der Waals surface area contributed by atoms with Gasteiger partial charge in [-0.3, -0.25) is 4.79 Å². The maximum Gasteiger partial charge on any atom is 0.143 e. The number of aryl methyl sites for hydroxylation is 1. The molecule has 0 fully saturated rings. The molecule has 1 aromatic heterocycles. The third-order valence-electron chi connectivity index (χ3n) is 1.54. The smallest absolute Gasteiger partial charge is 0.143 e. The van der Waals surface area contributed by atoms with E-state index in [2.05, 4.69) is 6.07 Å². The molecule has 0 aromatic carbocycles. The van der Waals surface area contributed by atoms with Gasteiger partial charge in [-0.25, -0.2) is 0 Å². The van der Waals surface area contributed by atoms with E-state index >= 15 is 0 Å². The molecule has 3 heteroatoms. The maximum absolute atomic E-state index is 11.1. The second-order valence-corrected chi connectivity index (χ2v) is 4.45. The van der Waals surface area contributed by atoms with Gasteiger partial charge in [0.05, 0.1) is 5.75 Å². The van der Waals surface area contributed by atoms with Crippen LogP contribution in [-0.4, -0.2) is 17.8 Å². The third-order valence-corrected chi connectivity index (χ3v) is 3.08. The fourth-order valence-corrected chi connectivity index (χ4v) is 2.13. The zero-order valence-electron chi connectivity index (χ0n) is 7.08. The molecule has 0 aliphatic heterocycles. The lowest BCUT2D eigenvalue weighted by atomic mass is 10.2. The van der Waals surface area contributed by atoms with Crippen LogP contribution in [0.25, 0.3) is 0 Å². The number of carbonyl (C=O) groups excluding carboxylic acids is 1. The highest BCUT2D eigenvalue weighted by Gasteiger charge is 2.01. The lowest BCUT2D eigenvalue weighted by Gasteiger charge is -1.95. The van der Waals surface area contributed by atoms with Crippen molar-refractivity contribution in [2.75, 3.05) is 12.0 Å². The molecule has 0 aliphatic rings. The van der Waals surface area contributed by atoms with Crippen molar-refractivity contribution in [1.82, 2.24) is 0 Å². The zero-order chi connectivity index (χ0) is 8.81. The van der Waals surface area contributed by atoms with E-state index in [1.165, 1.54) is 4.88 Å². The highest BCUT2D eigenvalue weighted by molar-refractivity contribution is 7.99. The molecule has 0 unspecified atom stereocenters. The van der Waals surface area contributed by atoms with Crippen LogP contribution in [0.4, 0.5) is 0 Å². The summed E-state index contributed by atoms with van der Waals surface area (Å²) in [4.78, 5) is 12.4. The Labute approximate surface area is 81.2 Å². The molecule has 0 aliphatic carbocycles. The predicted octanol–water partition coefficient (Wildman–Crippen LogP) is 2.61. The average molecular weight is 200 g/mol. The molecule has 1 rings (SSSR count). The van der Waals surface area contributed by atoms with Crippen LogP contribution in [0.2, 0.25) is 0 Å². The van der Waals surface area contributed by atoms with Gasteiger partial charge in [0.15, 0.2) is 0 Å². The number of hydrogen-bond acceptors (Lipinski definition) is 3. The Morgan fingerprint density at radius 1 is 1.67 bits per heavy atom. The molecule has 1 nitrogen and oxygen atoms in total. The van der Waals surface area contributed by atoms with Gasteiger partial charge < -0.3 is 0 Å². The first kappa shape index (κ1) is 9.81. The summed E-state index contributed by atoms with van der Waals surface area (Å²) >= 11 is 3.32. The molecule has 0 radical (unpaired) electrons. The van der Waals surface area contributed by atoms with Crippen molar-refractivity contribution >= 4 is 28.9 Å². The van der Waals surface area contributed by atoms with Gasteiger partial charge in [-0.1, -0.05) is 6.07 Å². The highest BCUT2D eigenvalue weighted by atomic mass is 32.2. The summed E-state index contributed by atoms with van der Waals surface area (Å²) in [6.45, 7) is 0. The molecule has 0 bridgehead atoms. The summed E-state index contributed by atoms with van der Waals surface area (Å²) in [6, 6.07) is 4.11. The summed E-state index contributed by atoms with van der Waals surface area (Å²) in [5.41, 5.74) is 0. The monoisotopic (exact) mass is 200 g/mol. The molecular formula is C9H12OS2. The van der Waals surface area contributed by atoms with E-state index in [1.54, 1.807) is 23.1 Å². The maximum atomic E-state index is 11.1. The number of thiophene rings is 1. The van der Waals surface area contributed by atoms with Gasteiger partial charge in [0.2, 0.25) is 0 Å². The first-order valence-corrected chi connectivity index (χ1v) is 6.13. The molecule has 66 valence electrons. The molecule has 1 aromatic rings. The number of carbonyl (C=O) groups is 1. The van der Waals surface area contributed by atoms with Crippen molar-refractivity contribution in [2.45, 2.75) is 12.8 Å². The van der Waals surface area contributed by atoms with E-state index in [4.69, 9.17) is 0 Å². The third kappa shape index (κ3) is 3.41. The van der Waals surface area contributed by atoms with Crippen LogP contribution >= 0.6 is 23.1 Å². The number of ketones is 1. The van der Waals surface area contributed by atoms with Gasteiger partial charge in [-0.05, 0) is 24.1 Å². The fourth-order valence-electron chi connectivity index (χ4n) is 0.951. The quantitative estimate of drug-likeness (QED) is 0.727. The lowest BCUT2D eigenvalue weighted by molar-refractivity contribution is -0.116. The molecule has 0 amide bonds. The van der Waals surface area contributed by atoms with Crippen molar-refractivity contribution in [3.8, 4) is 0 Å². The molecule has 1 heterocycles. The molecule has 12 heavy (non-hydrogen) atoms. The van der Waals surface area contributed by atoms with E-state index in [0.29, 0.717) is 18.0 Å². The summed E-state index contributed by atoms with van der Waals surface area (Å²) in [5.74, 6) is 1.02. The summed E-state index contributed by atoms with van der Waals surface area (Å²) in [5, 5.41) is 2.05. The van der Waals surface area contributed by atoms with E-state index in [1.807, 2.05) is 17.7 Å². The first-order chi connectivity index (χ1) is 5.83. The molecule has 0 spiro atoms. The number of rotatable bonds is 5. The number of thioether (sulfide) groups is 1. The second kappa shape index (κ2) is 5.38. The Hall–Kier alpha value is -0.280. The summed E-state index contributed by atoms with van der Waals surface area (Å²) < 4.78 is 0. The van der Waals surface area contributed by atoms with Crippen molar-refractivity contribution in [2.24, 2.45) is 0 Å². The van der Waals surface area contributed by atoms with Gasteiger partial charge in [0.1, 0.15) is 5.78 Å². The second-order valence-electron chi connectivity index (χ2n) is 2.55. The molecule has 0 saturated carbocycles. The van der Waals surface area contributed by atoms with Gasteiger partial charge in [-0.15, -0.1) is 11.3 Å². The van der Waals surface area contributed by atoms with Gasteiger partial charge >= 0.3 is 0 Å². The van der Waals surface area contributed by atoms with E-state index in [0.717, 1.165) is 6.42 Å². The number of Topliss-reactive ketones (excluding diaryl/α,β-unsaturated/α-hetero) is 1. The van der Waals surface area contributed by atoms with E-state index in [-0.39, 0.29) is 0 Å². The fraction of sp³-hybridized carbons (Fsp3) is 0.444. The Kier molecular flexibility index (Phi) is 4.40. The SMILES string of the molecule is CSCC(=O)CCc1cccs1. The van der Waals surface area contributed by atoms with Crippen LogP contribution in [0.5, 0.6) is 0 Å². The standard InChI is InChI=1S/C9H12OS2/c1-11-7-8(10)4-5-9-3-2-6-12-9/h2-3,6H,4-5,7H2,1H3. The Morgan fingerprint density at radius 3 is 3.08 bits per heavy atom. The Balaban J connectivity index is 2.22. The Bertz CT molecular complexity index is 229. The van der Waals surface area contributed by atoms with Crippen LogP contribution in [0.15, 0.2) is 17.5 Å². The van der Waals surface area contributed by atoms with Gasteiger partial charge in [-0.2, -0.15) is 11.8 Å². The zero-order valence-corrected chi connectivity index (χ0v) is 8.71. The molecule has 0 atom stereocenters. The number of hydrogen-bond donors (Lipinski definition) is 0. The normalized spacial score (nSPS) is 10.1. The van der Waals surface area contributed by atoms with Crippen LogP contribution in [0.1, 0.15) is 11.3 Å². The minimum atomic E-state index is 0.357. The van der Waals surface area contributed by atoms with Gasteiger partial charge in [0.25, 0.3) is 0 Å². The highest BCUT2D eigenvalue weighted by Crippen LogP contribution is 2.11. The van der Waals surface area contributed by atoms with E-state index < -0.39 is 0 Å². The van der Waals surface area contributed by atoms with Crippen molar-refractivity contribution in [1.29, 1.82) is 0 Å². The van der Waals surface area contributed by atoms with Crippen LogP contribution in [0, 0.1) is 0 Å². The molecular weight excluding hydrogens is 188 g/mol. The molecule has 0 saturated heterocycles. The minimum absolute atomic E-state index is 0.357. The van der Waals surface area contributed by atoms with Crippen molar-refractivity contribution < 1.29 is 4.79 Å². The topological polar surface area (TPSA) is 17.1 Å². The van der Waals surface area contributed by atoms with Crippen LogP contribution in [-0.2, 0) is 11.2 Å². The largest absolute Gasteiger partial charge is 0.299 e. The van der Waals surface area contributed by atoms with E-state index in [9.17, 15) is 4.79 Å². The summed E-state index contributed by atoms with van der Waals surface area (Å²) in [6.07, 6.45) is 3.57. The lowest BCUT2D eigenvalue weighted by Crippen LogP contribution is -2.01. The predicted molar refractivity (Wildman–Crippen MR) is 56.0 cm³/mol. The minimum Gasteiger partial charge on any atom is -0.299 e. The van der Waals surface area contributed by atoms with Gasteiger partial charge in [0, 0.05) is 11.3 Å². The van der Waals surface area contributed by atoms with Crippen molar-refractivity contribution in [3.63, 3.8) is 0 Å². The van der Waals surface area contributed by atoms with Crippen molar-refractivity contribution in [3.05, 3.63) is 22.4 Å².